The molecule has 0 bridgehead atoms. The third kappa shape index (κ3) is 5.62. The predicted octanol–water partition coefficient (Wildman–Crippen LogP) is 3.08. The van der Waals surface area contributed by atoms with E-state index in [1.165, 1.54) is 0 Å². The molecule has 7 nitrogen and oxygen atoms in total. The van der Waals surface area contributed by atoms with Crippen molar-refractivity contribution in [2.45, 2.75) is 19.4 Å². The van der Waals surface area contributed by atoms with Crippen LogP contribution in [-0.4, -0.2) is 38.4 Å². The van der Waals surface area contributed by atoms with Crippen molar-refractivity contribution in [1.82, 2.24) is 10.6 Å². The summed E-state index contributed by atoms with van der Waals surface area (Å²) in [6.45, 7) is 3.68. The minimum Gasteiger partial charge on any atom is -0.454 e. The van der Waals surface area contributed by atoms with Gasteiger partial charge in [0.05, 0.1) is 0 Å². The number of hydrogen-bond acceptors (Lipinski definition) is 5. The van der Waals surface area contributed by atoms with Crippen LogP contribution in [0.25, 0.3) is 0 Å². The van der Waals surface area contributed by atoms with E-state index in [1.54, 1.807) is 42.5 Å². The van der Waals surface area contributed by atoms with Gasteiger partial charge in [0.1, 0.15) is 6.04 Å². The molecule has 2 aromatic rings. The molecule has 0 saturated carbocycles. The molecule has 29 heavy (non-hydrogen) atoms. The lowest BCUT2D eigenvalue weighted by Gasteiger charge is -2.19. The molecule has 1 aliphatic rings. The molecular weight excluding hydrogens is 396 g/mol. The second-order valence-corrected chi connectivity index (χ2v) is 6.80. The van der Waals surface area contributed by atoms with E-state index in [2.05, 4.69) is 10.6 Å². The molecule has 0 spiro atoms. The Hall–Kier alpha value is -2.77. The zero-order chi connectivity index (χ0) is 20.6. The van der Waals surface area contributed by atoms with Gasteiger partial charge in [0.25, 0.3) is 5.91 Å². The van der Waals surface area contributed by atoms with Crippen LogP contribution in [0.5, 0.6) is 11.5 Å². The van der Waals surface area contributed by atoms with Gasteiger partial charge in [-0.1, -0.05) is 23.7 Å². The van der Waals surface area contributed by atoms with Crippen molar-refractivity contribution in [3.8, 4) is 11.5 Å². The first kappa shape index (κ1) is 21.0. The molecule has 0 aromatic heterocycles. The van der Waals surface area contributed by atoms with E-state index in [1.807, 2.05) is 6.92 Å². The quantitative estimate of drug-likeness (QED) is 0.611. The predicted molar refractivity (Wildman–Crippen MR) is 108 cm³/mol. The third-order valence-electron chi connectivity index (χ3n) is 4.34. The number of fused-ring (bicyclic) bond motifs is 1. The van der Waals surface area contributed by atoms with Crippen LogP contribution in [0.2, 0.25) is 5.02 Å². The van der Waals surface area contributed by atoms with Gasteiger partial charge in [-0.15, -0.1) is 0 Å². The van der Waals surface area contributed by atoms with Crippen LogP contribution in [0, 0.1) is 0 Å². The summed E-state index contributed by atoms with van der Waals surface area (Å²) >= 11 is 5.96. The number of benzene rings is 2. The molecule has 1 heterocycles. The van der Waals surface area contributed by atoms with E-state index in [0.717, 1.165) is 0 Å². The number of nitrogens with one attached hydrogen (secondary N) is 2. The van der Waals surface area contributed by atoms with Crippen molar-refractivity contribution < 1.29 is 23.8 Å². The minimum absolute atomic E-state index is 0.123. The summed E-state index contributed by atoms with van der Waals surface area (Å²) in [5, 5.41) is 6.18. The fourth-order valence-corrected chi connectivity index (χ4v) is 2.97. The highest BCUT2D eigenvalue weighted by Gasteiger charge is 2.24. The molecule has 0 unspecified atom stereocenters. The first-order valence-corrected chi connectivity index (χ1v) is 9.77. The Morgan fingerprint density at radius 2 is 1.90 bits per heavy atom. The average molecular weight is 419 g/mol. The van der Waals surface area contributed by atoms with E-state index in [9.17, 15) is 9.59 Å². The molecule has 0 aliphatic carbocycles. The number of carbonyl (C=O) groups is 2. The number of halogens is 1. The van der Waals surface area contributed by atoms with Crippen LogP contribution in [0.1, 0.15) is 35.3 Å². The summed E-state index contributed by atoms with van der Waals surface area (Å²) < 4.78 is 15.9. The van der Waals surface area contributed by atoms with Crippen molar-refractivity contribution >= 4 is 23.4 Å². The van der Waals surface area contributed by atoms with Crippen molar-refractivity contribution in [1.29, 1.82) is 0 Å². The lowest BCUT2D eigenvalue weighted by molar-refractivity contribution is -0.123. The lowest BCUT2D eigenvalue weighted by atomic mass is 10.0. The van der Waals surface area contributed by atoms with Gasteiger partial charge in [-0.2, -0.15) is 0 Å². The minimum atomic E-state index is -0.864. The van der Waals surface area contributed by atoms with Crippen molar-refractivity contribution in [2.75, 3.05) is 26.6 Å². The molecule has 1 aliphatic heterocycles. The van der Waals surface area contributed by atoms with Crippen LogP contribution in [0.15, 0.2) is 42.5 Å². The van der Waals surface area contributed by atoms with Gasteiger partial charge in [-0.05, 0) is 49.2 Å². The molecule has 2 aromatic carbocycles. The van der Waals surface area contributed by atoms with Crippen LogP contribution >= 0.6 is 11.6 Å². The fourth-order valence-electron chi connectivity index (χ4n) is 2.84. The average Bonchev–Trinajstić information content (AvgIpc) is 3.20. The Morgan fingerprint density at radius 3 is 2.66 bits per heavy atom. The third-order valence-corrected chi connectivity index (χ3v) is 4.60. The second kappa shape index (κ2) is 10.1. The fraction of sp³-hybridized carbons (Fsp3) is 0.333. The van der Waals surface area contributed by atoms with E-state index < -0.39 is 11.9 Å². The van der Waals surface area contributed by atoms with Crippen molar-refractivity contribution in [3.05, 3.63) is 58.6 Å². The zero-order valence-electron chi connectivity index (χ0n) is 16.1. The van der Waals surface area contributed by atoms with Gasteiger partial charge in [-0.3, -0.25) is 9.59 Å². The van der Waals surface area contributed by atoms with E-state index in [-0.39, 0.29) is 12.7 Å². The van der Waals surface area contributed by atoms with E-state index in [0.29, 0.717) is 53.8 Å². The van der Waals surface area contributed by atoms with Gasteiger partial charge in [0.2, 0.25) is 12.7 Å². The highest BCUT2D eigenvalue weighted by atomic mass is 35.5. The van der Waals surface area contributed by atoms with Crippen molar-refractivity contribution in [2.24, 2.45) is 0 Å². The Balaban J connectivity index is 1.71. The molecule has 3 rings (SSSR count). The molecular formula is C21H23ClN2O5. The molecule has 2 N–H and O–H groups in total. The number of carbonyl (C=O) groups excluding carboxylic acids is 2. The monoisotopic (exact) mass is 418 g/mol. The molecule has 2 amide bonds. The summed E-state index contributed by atoms with van der Waals surface area (Å²) in [5.74, 6) is 0.384. The SMILES string of the molecule is CCOCCCNC(=O)[C@@H](NC(=O)c1ccc2c(c1)OCO2)c1ccc(Cl)cc1. The number of amides is 2. The zero-order valence-corrected chi connectivity index (χ0v) is 16.8. The summed E-state index contributed by atoms with van der Waals surface area (Å²) in [4.78, 5) is 25.6. The molecule has 154 valence electrons. The lowest BCUT2D eigenvalue weighted by Crippen LogP contribution is -2.40. The molecule has 0 saturated heterocycles. The first-order chi connectivity index (χ1) is 14.1. The number of rotatable bonds is 9. The first-order valence-electron chi connectivity index (χ1n) is 9.40. The van der Waals surface area contributed by atoms with Gasteiger partial charge in [0, 0.05) is 30.3 Å². The van der Waals surface area contributed by atoms with Crippen LogP contribution in [0.4, 0.5) is 0 Å². The Morgan fingerprint density at radius 1 is 1.14 bits per heavy atom. The smallest absolute Gasteiger partial charge is 0.252 e. The van der Waals surface area contributed by atoms with Crippen LogP contribution in [0.3, 0.4) is 0 Å². The summed E-state index contributed by atoms with van der Waals surface area (Å²) in [6.07, 6.45) is 0.684. The maximum absolute atomic E-state index is 12.8. The highest BCUT2D eigenvalue weighted by molar-refractivity contribution is 6.30. The second-order valence-electron chi connectivity index (χ2n) is 6.37. The summed E-state index contributed by atoms with van der Waals surface area (Å²) in [6, 6.07) is 10.8. The largest absolute Gasteiger partial charge is 0.454 e. The summed E-state index contributed by atoms with van der Waals surface area (Å²) in [5.41, 5.74) is 1.00. The van der Waals surface area contributed by atoms with Gasteiger partial charge in [0.15, 0.2) is 11.5 Å². The Bertz CT molecular complexity index is 857. The summed E-state index contributed by atoms with van der Waals surface area (Å²) in [7, 11) is 0. The van der Waals surface area contributed by atoms with Crippen molar-refractivity contribution in [3.63, 3.8) is 0 Å². The highest BCUT2D eigenvalue weighted by Crippen LogP contribution is 2.32. The Labute approximate surface area is 174 Å². The van der Waals surface area contributed by atoms with Crippen LogP contribution in [-0.2, 0) is 9.53 Å². The Kier molecular flexibility index (Phi) is 7.32. The van der Waals surface area contributed by atoms with E-state index >= 15 is 0 Å². The van der Waals surface area contributed by atoms with Gasteiger partial charge >= 0.3 is 0 Å². The molecule has 8 heteroatoms. The topological polar surface area (TPSA) is 85.9 Å². The van der Waals surface area contributed by atoms with Gasteiger partial charge < -0.3 is 24.8 Å². The van der Waals surface area contributed by atoms with Gasteiger partial charge in [-0.25, -0.2) is 0 Å². The molecule has 0 fully saturated rings. The number of ether oxygens (including phenoxy) is 3. The number of hydrogen-bond donors (Lipinski definition) is 2. The van der Waals surface area contributed by atoms with Crippen LogP contribution < -0.4 is 20.1 Å². The normalized spacial score (nSPS) is 13.0. The van der Waals surface area contributed by atoms with E-state index in [4.69, 9.17) is 25.8 Å². The maximum atomic E-state index is 12.8. The molecule has 1 atom stereocenters. The molecule has 0 radical (unpaired) electrons. The standard InChI is InChI=1S/C21H23ClN2O5/c1-2-27-11-3-10-23-21(26)19(14-4-7-16(22)8-5-14)24-20(25)15-6-9-17-18(12-15)29-13-28-17/h4-9,12,19H,2-3,10-11,13H2,1H3,(H,23,26)(H,24,25)/t19-/m0/s1. The maximum Gasteiger partial charge on any atom is 0.252 e.